The fourth-order valence-corrected chi connectivity index (χ4v) is 3.93. The van der Waals surface area contributed by atoms with Gasteiger partial charge in [-0.15, -0.1) is 10.2 Å². The number of benzene rings is 1. The van der Waals surface area contributed by atoms with Crippen LogP contribution in [0.4, 0.5) is 5.69 Å². The van der Waals surface area contributed by atoms with Gasteiger partial charge in [-0.05, 0) is 66.9 Å². The van der Waals surface area contributed by atoms with E-state index in [0.29, 0.717) is 21.4 Å². The van der Waals surface area contributed by atoms with Crippen molar-refractivity contribution in [3.05, 3.63) is 46.1 Å². The number of para-hydroxylation sites is 1. The Morgan fingerprint density at radius 3 is 2.52 bits per heavy atom. The number of hydrogen-bond donors (Lipinski definition) is 1. The van der Waals surface area contributed by atoms with Gasteiger partial charge in [0.05, 0.1) is 5.75 Å². The number of amides is 1. The Bertz CT molecular complexity index is 944. The lowest BCUT2D eigenvalue weighted by Crippen LogP contribution is -2.16. The minimum Gasteiger partial charge on any atom is -0.446 e. The number of hydrogen-bond acceptors (Lipinski definition) is 5. The molecule has 6 nitrogen and oxygen atoms in total. The molecule has 27 heavy (non-hydrogen) atoms. The Morgan fingerprint density at radius 2 is 1.93 bits per heavy atom. The maximum Gasteiger partial charge on any atom is 0.234 e. The van der Waals surface area contributed by atoms with Gasteiger partial charge < -0.3 is 9.73 Å². The van der Waals surface area contributed by atoms with E-state index in [1.165, 1.54) is 11.8 Å². The van der Waals surface area contributed by atoms with E-state index < -0.39 is 0 Å². The molecule has 2 heterocycles. The van der Waals surface area contributed by atoms with Crippen LogP contribution in [-0.2, 0) is 4.79 Å². The molecule has 2 aromatic heterocycles. The highest BCUT2D eigenvalue weighted by atomic mass is 79.9. The fraction of sp³-hybridized carbons (Fsp3) is 0.316. The maximum atomic E-state index is 12.4. The van der Waals surface area contributed by atoms with Crippen molar-refractivity contribution in [1.29, 1.82) is 0 Å². The molecule has 0 bridgehead atoms. The number of halogens is 1. The van der Waals surface area contributed by atoms with Gasteiger partial charge in [-0.25, -0.2) is 0 Å². The van der Waals surface area contributed by atoms with Gasteiger partial charge in [-0.1, -0.05) is 30.0 Å². The standard InChI is InChI=1S/C19H21BrN4O2S/c1-11(2)24-18(14-8-9-15(20)26-14)22-23-19(24)27-10-16(25)21-17-12(3)6-5-7-13(17)4/h5-9,11H,10H2,1-4H3,(H,21,25). The number of rotatable bonds is 6. The van der Waals surface area contributed by atoms with Crippen LogP contribution in [0.25, 0.3) is 11.6 Å². The topological polar surface area (TPSA) is 73.0 Å². The van der Waals surface area contributed by atoms with E-state index >= 15 is 0 Å². The smallest absolute Gasteiger partial charge is 0.234 e. The van der Waals surface area contributed by atoms with Crippen molar-refractivity contribution in [2.45, 2.75) is 38.9 Å². The van der Waals surface area contributed by atoms with Crippen LogP contribution in [0.15, 0.2) is 44.6 Å². The second kappa shape index (κ2) is 8.31. The molecule has 0 fully saturated rings. The first-order chi connectivity index (χ1) is 12.9. The fourth-order valence-electron chi connectivity index (χ4n) is 2.76. The van der Waals surface area contributed by atoms with Crippen LogP contribution in [0.2, 0.25) is 0 Å². The molecule has 142 valence electrons. The molecule has 3 rings (SSSR count). The van der Waals surface area contributed by atoms with Crippen LogP contribution >= 0.6 is 27.7 Å². The monoisotopic (exact) mass is 448 g/mol. The van der Waals surface area contributed by atoms with E-state index in [0.717, 1.165) is 16.8 Å². The van der Waals surface area contributed by atoms with E-state index in [9.17, 15) is 4.79 Å². The number of carbonyl (C=O) groups excluding carboxylic acids is 1. The number of nitrogens with one attached hydrogen (secondary N) is 1. The average molecular weight is 449 g/mol. The summed E-state index contributed by atoms with van der Waals surface area (Å²) in [6, 6.07) is 9.74. The van der Waals surface area contributed by atoms with Gasteiger partial charge in [0.1, 0.15) is 0 Å². The zero-order valence-electron chi connectivity index (χ0n) is 15.6. The van der Waals surface area contributed by atoms with Crippen molar-refractivity contribution in [3.63, 3.8) is 0 Å². The quantitative estimate of drug-likeness (QED) is 0.522. The summed E-state index contributed by atoms with van der Waals surface area (Å²) in [5.41, 5.74) is 2.96. The first kappa shape index (κ1) is 19.7. The van der Waals surface area contributed by atoms with Crippen molar-refractivity contribution >= 4 is 39.3 Å². The Labute approximate surface area is 170 Å². The highest BCUT2D eigenvalue weighted by molar-refractivity contribution is 9.10. The summed E-state index contributed by atoms with van der Waals surface area (Å²) in [6.45, 7) is 8.06. The molecule has 0 aliphatic carbocycles. The van der Waals surface area contributed by atoms with Crippen LogP contribution in [0, 0.1) is 13.8 Å². The number of carbonyl (C=O) groups is 1. The number of aryl methyl sites for hydroxylation is 2. The molecule has 0 saturated heterocycles. The minimum absolute atomic E-state index is 0.0713. The number of anilines is 1. The molecule has 3 aromatic rings. The first-order valence-electron chi connectivity index (χ1n) is 8.56. The molecule has 0 saturated carbocycles. The second-order valence-electron chi connectivity index (χ2n) is 6.48. The Balaban J connectivity index is 1.74. The summed E-state index contributed by atoms with van der Waals surface area (Å²) < 4.78 is 8.22. The van der Waals surface area contributed by atoms with Crippen molar-refractivity contribution < 1.29 is 9.21 Å². The van der Waals surface area contributed by atoms with Crippen molar-refractivity contribution in [3.8, 4) is 11.6 Å². The molecule has 0 unspecified atom stereocenters. The lowest BCUT2D eigenvalue weighted by Gasteiger charge is -2.13. The van der Waals surface area contributed by atoms with Crippen molar-refractivity contribution in [1.82, 2.24) is 14.8 Å². The van der Waals surface area contributed by atoms with Crippen molar-refractivity contribution in [2.24, 2.45) is 0 Å². The van der Waals surface area contributed by atoms with Gasteiger partial charge in [0.25, 0.3) is 0 Å². The number of thioether (sulfide) groups is 1. The van der Waals surface area contributed by atoms with Gasteiger partial charge in [0.2, 0.25) is 11.7 Å². The molecule has 0 aliphatic rings. The molecular formula is C19H21BrN4O2S. The summed E-state index contributed by atoms with van der Waals surface area (Å²) in [5, 5.41) is 12.2. The van der Waals surface area contributed by atoms with Gasteiger partial charge in [0.15, 0.2) is 15.6 Å². The average Bonchev–Trinajstić information content (AvgIpc) is 3.22. The maximum absolute atomic E-state index is 12.4. The van der Waals surface area contributed by atoms with E-state index in [2.05, 4.69) is 31.4 Å². The molecule has 8 heteroatoms. The van der Waals surface area contributed by atoms with E-state index in [4.69, 9.17) is 4.42 Å². The summed E-state index contributed by atoms with van der Waals surface area (Å²) in [6.07, 6.45) is 0. The Hall–Kier alpha value is -2.06. The lowest BCUT2D eigenvalue weighted by atomic mass is 10.1. The molecular weight excluding hydrogens is 428 g/mol. The van der Waals surface area contributed by atoms with Gasteiger partial charge >= 0.3 is 0 Å². The van der Waals surface area contributed by atoms with E-state index in [1.54, 1.807) is 0 Å². The third-order valence-electron chi connectivity index (χ3n) is 4.05. The predicted octanol–water partition coefficient (Wildman–Crippen LogP) is 5.23. The summed E-state index contributed by atoms with van der Waals surface area (Å²) in [4.78, 5) is 12.4. The van der Waals surface area contributed by atoms with Crippen LogP contribution in [0.3, 0.4) is 0 Å². The highest BCUT2D eigenvalue weighted by Gasteiger charge is 2.20. The third-order valence-corrected chi connectivity index (χ3v) is 5.42. The van der Waals surface area contributed by atoms with Crippen LogP contribution in [0.1, 0.15) is 31.0 Å². The van der Waals surface area contributed by atoms with Crippen LogP contribution in [-0.4, -0.2) is 26.4 Å². The second-order valence-corrected chi connectivity index (χ2v) is 8.20. The van der Waals surface area contributed by atoms with Gasteiger partial charge in [-0.3, -0.25) is 9.36 Å². The molecule has 1 amide bonds. The summed E-state index contributed by atoms with van der Waals surface area (Å²) in [7, 11) is 0. The zero-order valence-corrected chi connectivity index (χ0v) is 18.0. The molecule has 0 radical (unpaired) electrons. The van der Waals surface area contributed by atoms with Crippen LogP contribution < -0.4 is 5.32 Å². The Morgan fingerprint density at radius 1 is 1.22 bits per heavy atom. The molecule has 0 spiro atoms. The molecule has 0 atom stereocenters. The highest BCUT2D eigenvalue weighted by Crippen LogP contribution is 2.30. The van der Waals surface area contributed by atoms with E-state index in [1.807, 2.05) is 62.6 Å². The zero-order chi connectivity index (χ0) is 19.6. The van der Waals surface area contributed by atoms with Crippen molar-refractivity contribution in [2.75, 3.05) is 11.1 Å². The number of aromatic nitrogens is 3. The summed E-state index contributed by atoms with van der Waals surface area (Å²) >= 11 is 4.67. The lowest BCUT2D eigenvalue weighted by molar-refractivity contribution is -0.113. The Kier molecular flexibility index (Phi) is 6.06. The van der Waals surface area contributed by atoms with E-state index in [-0.39, 0.29) is 17.7 Å². The SMILES string of the molecule is Cc1cccc(C)c1NC(=O)CSc1nnc(-c2ccc(Br)o2)n1C(C)C. The summed E-state index contributed by atoms with van der Waals surface area (Å²) in [5.74, 6) is 1.46. The number of furan rings is 1. The largest absolute Gasteiger partial charge is 0.446 e. The third kappa shape index (κ3) is 4.44. The molecule has 1 aromatic carbocycles. The van der Waals surface area contributed by atoms with Gasteiger partial charge in [-0.2, -0.15) is 0 Å². The molecule has 1 N–H and O–H groups in total. The molecule has 0 aliphatic heterocycles. The minimum atomic E-state index is -0.0713. The van der Waals surface area contributed by atoms with Gasteiger partial charge in [0, 0.05) is 11.7 Å². The van der Waals surface area contributed by atoms with Crippen LogP contribution in [0.5, 0.6) is 0 Å². The number of nitrogens with zero attached hydrogens (tertiary/aromatic N) is 3. The normalized spacial score (nSPS) is 11.2. The first-order valence-corrected chi connectivity index (χ1v) is 10.3. The predicted molar refractivity (Wildman–Crippen MR) is 111 cm³/mol.